The van der Waals surface area contributed by atoms with E-state index in [1.165, 1.54) is 12.1 Å². The highest BCUT2D eigenvalue weighted by Crippen LogP contribution is 2.25. The van der Waals surface area contributed by atoms with Crippen LogP contribution in [0.5, 0.6) is 0 Å². The average Bonchev–Trinajstić information content (AvgIpc) is 2.63. The molecule has 0 aliphatic carbocycles. The highest BCUT2D eigenvalue weighted by molar-refractivity contribution is 7.85. The summed E-state index contributed by atoms with van der Waals surface area (Å²) in [4.78, 5) is -0.0666. The van der Waals surface area contributed by atoms with Crippen LogP contribution in [0.4, 0.5) is 0 Å². The fraction of sp³-hybridized carbons (Fsp3) is 0.333. The van der Waals surface area contributed by atoms with Gasteiger partial charge in [0, 0.05) is 5.56 Å². The number of aliphatic hydroxyl groups excluding tert-OH is 1. The molecule has 2 N–H and O–H groups in total. The van der Waals surface area contributed by atoms with Crippen LogP contribution in [-0.2, 0) is 19.6 Å². The number of hydrogen-bond acceptors (Lipinski definition) is 5. The Morgan fingerprint density at radius 1 is 1.08 bits per heavy atom. The van der Waals surface area contributed by atoms with Crippen molar-refractivity contribution in [3.63, 3.8) is 0 Å². The summed E-state index contributed by atoms with van der Waals surface area (Å²) < 4.78 is 40.6. The molecule has 25 heavy (non-hydrogen) atoms. The van der Waals surface area contributed by atoms with E-state index in [-0.39, 0.29) is 23.9 Å². The van der Waals surface area contributed by atoms with Gasteiger partial charge >= 0.3 is 0 Å². The number of aryl methyl sites for hydroxylation is 1. The fourth-order valence-corrected chi connectivity index (χ4v) is 2.70. The third kappa shape index (κ3) is 6.22. The van der Waals surface area contributed by atoms with Gasteiger partial charge in [-0.3, -0.25) is 4.55 Å². The third-order valence-corrected chi connectivity index (χ3v) is 4.49. The van der Waals surface area contributed by atoms with Crippen molar-refractivity contribution in [2.75, 3.05) is 13.2 Å². The van der Waals surface area contributed by atoms with Crippen molar-refractivity contribution in [1.29, 1.82) is 0 Å². The first-order valence-corrected chi connectivity index (χ1v) is 9.31. The van der Waals surface area contributed by atoms with Gasteiger partial charge in [-0.05, 0) is 25.5 Å². The molecular formula is C18H22O6S. The number of aliphatic hydroxyl groups is 1. The summed E-state index contributed by atoms with van der Waals surface area (Å²) in [6, 6.07) is 15.8. The molecule has 3 rings (SSSR count). The number of ether oxygens (including phenoxy) is 2. The quantitative estimate of drug-likeness (QED) is 0.812. The first-order chi connectivity index (χ1) is 11.9. The molecule has 2 atom stereocenters. The van der Waals surface area contributed by atoms with E-state index in [0.717, 1.165) is 17.5 Å². The predicted molar refractivity (Wildman–Crippen MR) is 92.7 cm³/mol. The molecule has 2 unspecified atom stereocenters. The SMILES string of the molecule is Cc1ccc(S(=O)(=O)O)cc1.OCC1CCOC(c2ccccc2)O1. The fourth-order valence-electron chi connectivity index (χ4n) is 2.22. The molecule has 0 saturated carbocycles. The van der Waals surface area contributed by atoms with Gasteiger partial charge in [-0.1, -0.05) is 48.0 Å². The zero-order chi connectivity index (χ0) is 18.3. The number of hydrogen-bond donors (Lipinski definition) is 2. The van der Waals surface area contributed by atoms with Crippen LogP contribution in [-0.4, -0.2) is 37.4 Å². The molecule has 136 valence electrons. The highest BCUT2D eigenvalue weighted by Gasteiger charge is 2.23. The molecule has 1 aliphatic heterocycles. The zero-order valence-electron chi connectivity index (χ0n) is 13.9. The first kappa shape index (κ1) is 19.6. The van der Waals surface area contributed by atoms with Crippen molar-refractivity contribution >= 4 is 10.1 Å². The molecule has 0 radical (unpaired) electrons. The Bertz CT molecular complexity index is 743. The molecular weight excluding hydrogens is 344 g/mol. The van der Waals surface area contributed by atoms with Gasteiger partial charge in [0.1, 0.15) is 0 Å². The van der Waals surface area contributed by atoms with Gasteiger partial charge in [0.05, 0.1) is 24.2 Å². The Labute approximate surface area is 147 Å². The smallest absolute Gasteiger partial charge is 0.294 e. The summed E-state index contributed by atoms with van der Waals surface area (Å²) in [6.07, 6.45) is 0.357. The minimum absolute atomic E-state index is 0.0622. The maximum atomic E-state index is 10.5. The first-order valence-electron chi connectivity index (χ1n) is 7.87. The van der Waals surface area contributed by atoms with Gasteiger partial charge in [-0.2, -0.15) is 8.42 Å². The Kier molecular flexibility index (Phi) is 7.10. The van der Waals surface area contributed by atoms with Crippen LogP contribution in [0.15, 0.2) is 59.5 Å². The topological polar surface area (TPSA) is 93.1 Å². The lowest BCUT2D eigenvalue weighted by Gasteiger charge is -2.29. The molecule has 2 aromatic rings. The molecule has 0 spiro atoms. The maximum absolute atomic E-state index is 10.5. The van der Waals surface area contributed by atoms with Gasteiger partial charge in [-0.15, -0.1) is 0 Å². The van der Waals surface area contributed by atoms with Crippen molar-refractivity contribution in [2.24, 2.45) is 0 Å². The normalized spacial score (nSPS) is 20.4. The van der Waals surface area contributed by atoms with Crippen LogP contribution in [0.3, 0.4) is 0 Å². The van der Waals surface area contributed by atoms with E-state index in [9.17, 15) is 8.42 Å². The Morgan fingerprint density at radius 2 is 1.72 bits per heavy atom. The van der Waals surface area contributed by atoms with Gasteiger partial charge in [0.2, 0.25) is 0 Å². The zero-order valence-corrected chi connectivity index (χ0v) is 14.7. The number of rotatable bonds is 3. The Balaban J connectivity index is 0.000000186. The summed E-state index contributed by atoms with van der Waals surface area (Å²) in [6.45, 7) is 2.55. The van der Waals surface area contributed by atoms with Crippen molar-refractivity contribution in [2.45, 2.75) is 30.6 Å². The molecule has 1 heterocycles. The van der Waals surface area contributed by atoms with Crippen LogP contribution in [0.2, 0.25) is 0 Å². The molecule has 7 heteroatoms. The van der Waals surface area contributed by atoms with E-state index in [2.05, 4.69) is 0 Å². The molecule has 0 aromatic heterocycles. The van der Waals surface area contributed by atoms with Crippen LogP contribution < -0.4 is 0 Å². The summed E-state index contributed by atoms with van der Waals surface area (Å²) in [7, 11) is -4.02. The Morgan fingerprint density at radius 3 is 2.28 bits per heavy atom. The minimum atomic E-state index is -4.02. The average molecular weight is 366 g/mol. The van der Waals surface area contributed by atoms with Gasteiger partial charge in [0.15, 0.2) is 6.29 Å². The van der Waals surface area contributed by atoms with Crippen molar-refractivity contribution in [1.82, 2.24) is 0 Å². The molecule has 1 saturated heterocycles. The van der Waals surface area contributed by atoms with E-state index < -0.39 is 10.1 Å². The summed E-state index contributed by atoms with van der Waals surface area (Å²) in [5, 5.41) is 8.98. The van der Waals surface area contributed by atoms with E-state index in [4.69, 9.17) is 19.1 Å². The van der Waals surface area contributed by atoms with Crippen LogP contribution in [0.1, 0.15) is 23.8 Å². The third-order valence-electron chi connectivity index (χ3n) is 3.62. The molecule has 2 aromatic carbocycles. The molecule has 0 amide bonds. The molecule has 6 nitrogen and oxygen atoms in total. The molecule has 0 bridgehead atoms. The van der Waals surface area contributed by atoms with Crippen LogP contribution in [0.25, 0.3) is 0 Å². The number of benzene rings is 2. The monoisotopic (exact) mass is 366 g/mol. The second-order valence-electron chi connectivity index (χ2n) is 5.63. The van der Waals surface area contributed by atoms with Crippen LogP contribution >= 0.6 is 0 Å². The van der Waals surface area contributed by atoms with Crippen molar-refractivity contribution in [3.05, 3.63) is 65.7 Å². The standard InChI is InChI=1S/C11H14O3.C7H8O3S/c12-8-10-6-7-13-11(14-10)9-4-2-1-3-5-9;1-6-2-4-7(5-3-6)11(8,9)10/h1-5,10-12H,6-8H2;2-5H,1H3,(H,8,9,10). The van der Waals surface area contributed by atoms with Crippen molar-refractivity contribution < 1.29 is 27.6 Å². The van der Waals surface area contributed by atoms with E-state index in [0.29, 0.717) is 6.61 Å². The van der Waals surface area contributed by atoms with Crippen LogP contribution in [0, 0.1) is 6.92 Å². The van der Waals surface area contributed by atoms with Gasteiger partial charge in [0.25, 0.3) is 10.1 Å². The predicted octanol–water partition coefficient (Wildman–Crippen LogP) is 2.72. The largest absolute Gasteiger partial charge is 0.394 e. The van der Waals surface area contributed by atoms with Gasteiger partial charge < -0.3 is 14.6 Å². The van der Waals surface area contributed by atoms with Gasteiger partial charge in [-0.25, -0.2) is 0 Å². The molecule has 1 fully saturated rings. The summed E-state index contributed by atoms with van der Waals surface area (Å²) >= 11 is 0. The second-order valence-corrected chi connectivity index (χ2v) is 7.05. The summed E-state index contributed by atoms with van der Waals surface area (Å²) in [5.41, 5.74) is 1.96. The summed E-state index contributed by atoms with van der Waals surface area (Å²) in [5.74, 6) is 0. The lowest BCUT2D eigenvalue weighted by Crippen LogP contribution is -2.29. The van der Waals surface area contributed by atoms with E-state index in [1.807, 2.05) is 37.3 Å². The van der Waals surface area contributed by atoms with E-state index in [1.54, 1.807) is 12.1 Å². The van der Waals surface area contributed by atoms with Crippen molar-refractivity contribution in [3.8, 4) is 0 Å². The molecule has 1 aliphatic rings. The second kappa shape index (κ2) is 9.07. The van der Waals surface area contributed by atoms with E-state index >= 15 is 0 Å². The lowest BCUT2D eigenvalue weighted by molar-refractivity contribution is -0.224. The lowest BCUT2D eigenvalue weighted by atomic mass is 10.2. The minimum Gasteiger partial charge on any atom is -0.394 e. The highest BCUT2D eigenvalue weighted by atomic mass is 32.2. The Hall–Kier alpha value is -1.77. The maximum Gasteiger partial charge on any atom is 0.294 e.